The average Bonchev–Trinajstić information content (AvgIpc) is 2.77. The molecule has 32 heavy (non-hydrogen) atoms. The fraction of sp³-hybridized carbons (Fsp3) is 0.182. The molecule has 0 atom stereocenters. The fourth-order valence-electron chi connectivity index (χ4n) is 2.68. The summed E-state index contributed by atoms with van der Waals surface area (Å²) in [6.45, 7) is 3.98. The molecule has 10 heteroatoms. The summed E-state index contributed by atoms with van der Waals surface area (Å²) in [5.74, 6) is 0.512. The van der Waals surface area contributed by atoms with Crippen LogP contribution in [0.5, 0.6) is 5.75 Å². The van der Waals surface area contributed by atoms with E-state index in [1.54, 1.807) is 36.4 Å². The second-order valence-electron chi connectivity index (χ2n) is 6.80. The van der Waals surface area contributed by atoms with Gasteiger partial charge in [-0.3, -0.25) is 14.9 Å². The minimum Gasteiger partial charge on any atom is -0.489 e. The number of carbonyl (C=O) groups is 1. The van der Waals surface area contributed by atoms with Gasteiger partial charge in [-0.25, -0.2) is 15.4 Å². The lowest BCUT2D eigenvalue weighted by Crippen LogP contribution is -2.19. The molecule has 1 heterocycles. The Kier molecular flexibility index (Phi) is 7.87. The maximum Gasteiger partial charge on any atom is 0.269 e. The zero-order valence-electron chi connectivity index (χ0n) is 17.5. The monoisotopic (exact) mass is 451 g/mol. The lowest BCUT2D eigenvalue weighted by molar-refractivity contribution is -0.384. The molecule has 1 amide bonds. The number of aromatic nitrogens is 2. The molecular formula is C22H21N5O4S. The molecule has 0 bridgehead atoms. The van der Waals surface area contributed by atoms with Gasteiger partial charge in [-0.1, -0.05) is 23.9 Å². The van der Waals surface area contributed by atoms with E-state index in [2.05, 4.69) is 20.5 Å². The van der Waals surface area contributed by atoms with Gasteiger partial charge in [0.25, 0.3) is 11.6 Å². The van der Waals surface area contributed by atoms with Crippen molar-refractivity contribution in [2.45, 2.75) is 25.6 Å². The number of non-ortho nitro benzene ring substituents is 1. The van der Waals surface area contributed by atoms with Gasteiger partial charge in [-0.15, -0.1) is 0 Å². The van der Waals surface area contributed by atoms with E-state index in [9.17, 15) is 14.9 Å². The largest absolute Gasteiger partial charge is 0.489 e. The Hall–Kier alpha value is -3.79. The Bertz CT molecular complexity index is 1120. The highest BCUT2D eigenvalue weighted by molar-refractivity contribution is 7.99. The second kappa shape index (κ2) is 11.0. The number of hydrogen-bond donors (Lipinski definition) is 1. The van der Waals surface area contributed by atoms with Crippen molar-refractivity contribution in [2.24, 2.45) is 5.10 Å². The van der Waals surface area contributed by atoms with E-state index >= 15 is 0 Å². The molecule has 3 aromatic rings. The van der Waals surface area contributed by atoms with Gasteiger partial charge in [-0.2, -0.15) is 5.10 Å². The molecule has 2 aromatic carbocycles. The first-order valence-corrected chi connectivity index (χ1v) is 10.6. The van der Waals surface area contributed by atoms with Gasteiger partial charge in [0.2, 0.25) is 0 Å². The molecule has 1 N–H and O–H groups in total. The number of nitrogens with zero attached hydrogens (tertiary/aromatic N) is 4. The summed E-state index contributed by atoms with van der Waals surface area (Å²) in [4.78, 5) is 30.9. The van der Waals surface area contributed by atoms with Crippen molar-refractivity contribution in [1.29, 1.82) is 0 Å². The van der Waals surface area contributed by atoms with Gasteiger partial charge < -0.3 is 4.74 Å². The summed E-state index contributed by atoms with van der Waals surface area (Å²) in [6.07, 6.45) is 1.53. The summed E-state index contributed by atoms with van der Waals surface area (Å²) in [6, 6.07) is 15.3. The molecule has 1 aromatic heterocycles. The first-order chi connectivity index (χ1) is 15.4. The molecule has 164 valence electrons. The van der Waals surface area contributed by atoms with Gasteiger partial charge in [0.05, 0.1) is 16.9 Å². The van der Waals surface area contributed by atoms with Crippen molar-refractivity contribution in [1.82, 2.24) is 15.4 Å². The number of nitro benzene ring substituents is 1. The van der Waals surface area contributed by atoms with Crippen LogP contribution in [0, 0.1) is 24.0 Å². The van der Waals surface area contributed by atoms with Crippen LogP contribution in [-0.2, 0) is 11.4 Å². The van der Waals surface area contributed by atoms with Crippen LogP contribution in [0.3, 0.4) is 0 Å². The van der Waals surface area contributed by atoms with E-state index in [0.29, 0.717) is 16.5 Å². The minimum absolute atomic E-state index is 0.0274. The van der Waals surface area contributed by atoms with Gasteiger partial charge >= 0.3 is 0 Å². The smallest absolute Gasteiger partial charge is 0.269 e. The highest BCUT2D eigenvalue weighted by atomic mass is 32.2. The van der Waals surface area contributed by atoms with Crippen molar-refractivity contribution in [3.63, 3.8) is 0 Å². The van der Waals surface area contributed by atoms with Crippen LogP contribution < -0.4 is 10.2 Å². The molecular weight excluding hydrogens is 430 g/mol. The molecule has 0 fully saturated rings. The van der Waals surface area contributed by atoms with Crippen molar-refractivity contribution < 1.29 is 14.5 Å². The van der Waals surface area contributed by atoms with Crippen molar-refractivity contribution in [3.8, 4) is 5.75 Å². The summed E-state index contributed by atoms with van der Waals surface area (Å²) >= 11 is 1.25. The Morgan fingerprint density at radius 3 is 2.56 bits per heavy atom. The second-order valence-corrected chi connectivity index (χ2v) is 7.74. The normalized spacial score (nSPS) is 10.8. The van der Waals surface area contributed by atoms with Gasteiger partial charge in [-0.05, 0) is 55.3 Å². The maximum atomic E-state index is 12.0. The molecule has 0 unspecified atom stereocenters. The molecule has 0 aliphatic rings. The van der Waals surface area contributed by atoms with Crippen LogP contribution in [-0.4, -0.2) is 32.8 Å². The van der Waals surface area contributed by atoms with E-state index < -0.39 is 4.92 Å². The quantitative estimate of drug-likeness (QED) is 0.173. The average molecular weight is 452 g/mol. The Labute approximate surface area is 189 Å². The topological polar surface area (TPSA) is 120 Å². The van der Waals surface area contributed by atoms with Crippen molar-refractivity contribution in [3.05, 3.63) is 87.2 Å². The third-order valence-electron chi connectivity index (χ3n) is 4.10. The maximum absolute atomic E-state index is 12.0. The molecule has 0 aliphatic carbocycles. The SMILES string of the molecule is Cc1cc(C)nc(SCC(=O)NN=Cc2ccc(OCc3cccc([N+](=O)[O-])c3)cc2)n1. The number of aryl methyl sites for hydroxylation is 2. The van der Waals surface area contributed by atoms with Crippen LogP contribution in [0.2, 0.25) is 0 Å². The standard InChI is InChI=1S/C22H21N5O4S/c1-15-10-16(2)25-22(24-15)32-14-21(28)26-23-12-17-6-8-20(9-7-17)31-13-18-4-3-5-19(11-18)27(29)30/h3-12H,13-14H2,1-2H3,(H,26,28). The van der Waals surface area contributed by atoms with Crippen LogP contribution in [0.15, 0.2) is 64.9 Å². The number of rotatable bonds is 9. The Morgan fingerprint density at radius 1 is 1.16 bits per heavy atom. The van der Waals surface area contributed by atoms with Crippen LogP contribution in [0.25, 0.3) is 0 Å². The van der Waals surface area contributed by atoms with Crippen molar-refractivity contribution in [2.75, 3.05) is 5.75 Å². The van der Waals surface area contributed by atoms with E-state index in [0.717, 1.165) is 17.0 Å². The van der Waals surface area contributed by atoms with Crippen LogP contribution >= 0.6 is 11.8 Å². The minimum atomic E-state index is -0.438. The fourth-order valence-corrected chi connectivity index (χ4v) is 3.42. The highest BCUT2D eigenvalue weighted by Crippen LogP contribution is 2.17. The molecule has 0 radical (unpaired) electrons. The third kappa shape index (κ3) is 7.17. The van der Waals surface area contributed by atoms with Crippen LogP contribution in [0.1, 0.15) is 22.5 Å². The molecule has 3 rings (SSSR count). The van der Waals surface area contributed by atoms with Gasteiger partial charge in [0, 0.05) is 23.5 Å². The lowest BCUT2D eigenvalue weighted by atomic mass is 10.2. The number of hydrazone groups is 1. The van der Waals surface area contributed by atoms with E-state index in [4.69, 9.17) is 4.74 Å². The third-order valence-corrected chi connectivity index (χ3v) is 4.95. The number of amides is 1. The number of hydrogen-bond acceptors (Lipinski definition) is 8. The summed E-state index contributed by atoms with van der Waals surface area (Å²) in [5, 5.41) is 15.4. The molecule has 0 aliphatic heterocycles. The van der Waals surface area contributed by atoms with Gasteiger partial charge in [0.1, 0.15) is 12.4 Å². The number of nitrogens with one attached hydrogen (secondary N) is 1. The number of ether oxygens (including phenoxy) is 1. The molecule has 0 saturated heterocycles. The van der Waals surface area contributed by atoms with E-state index in [1.807, 2.05) is 19.9 Å². The predicted molar refractivity (Wildman–Crippen MR) is 122 cm³/mol. The highest BCUT2D eigenvalue weighted by Gasteiger charge is 2.07. The zero-order valence-corrected chi connectivity index (χ0v) is 18.3. The predicted octanol–water partition coefficient (Wildman–Crippen LogP) is 3.82. The molecule has 9 nitrogen and oxygen atoms in total. The first-order valence-electron chi connectivity index (χ1n) is 9.62. The Balaban J connectivity index is 1.45. The summed E-state index contributed by atoms with van der Waals surface area (Å²) in [5.41, 5.74) is 5.70. The number of thioether (sulfide) groups is 1. The van der Waals surface area contributed by atoms with Crippen LogP contribution in [0.4, 0.5) is 5.69 Å². The van der Waals surface area contributed by atoms with Gasteiger partial charge in [0.15, 0.2) is 5.16 Å². The zero-order chi connectivity index (χ0) is 22.9. The number of carbonyl (C=O) groups excluding carboxylic acids is 1. The van der Waals surface area contributed by atoms with E-state index in [-0.39, 0.29) is 24.0 Å². The molecule has 0 spiro atoms. The first kappa shape index (κ1) is 22.9. The molecule has 0 saturated carbocycles. The van der Waals surface area contributed by atoms with Crippen molar-refractivity contribution >= 4 is 29.6 Å². The van der Waals surface area contributed by atoms with E-state index in [1.165, 1.54) is 30.1 Å². The number of benzene rings is 2. The lowest BCUT2D eigenvalue weighted by Gasteiger charge is -2.06. The summed E-state index contributed by atoms with van der Waals surface area (Å²) < 4.78 is 5.66. The Morgan fingerprint density at radius 2 is 1.88 bits per heavy atom. The summed E-state index contributed by atoms with van der Waals surface area (Å²) in [7, 11) is 0. The number of nitro groups is 1.